The van der Waals surface area contributed by atoms with Crippen LogP contribution >= 0.6 is 0 Å². The summed E-state index contributed by atoms with van der Waals surface area (Å²) in [5.74, 6) is -1.57. The van der Waals surface area contributed by atoms with Gasteiger partial charge in [0.1, 0.15) is 6.04 Å². The molecule has 0 aliphatic carbocycles. The zero-order valence-corrected chi connectivity index (χ0v) is 15.9. The number of nitrogens with one attached hydrogen (secondary N) is 2. The van der Waals surface area contributed by atoms with E-state index in [1.165, 1.54) is 24.3 Å². The van der Waals surface area contributed by atoms with Gasteiger partial charge in [-0.05, 0) is 48.7 Å². The second kappa shape index (κ2) is 8.68. The summed E-state index contributed by atoms with van der Waals surface area (Å²) in [6.45, 7) is 3.73. The van der Waals surface area contributed by atoms with E-state index in [4.69, 9.17) is 0 Å². The highest BCUT2D eigenvalue weighted by Crippen LogP contribution is 2.16. The summed E-state index contributed by atoms with van der Waals surface area (Å²) >= 11 is 0. The van der Waals surface area contributed by atoms with Crippen molar-refractivity contribution in [1.82, 2.24) is 5.32 Å². The number of hydrogen-bond donors (Lipinski definition) is 3. The lowest BCUT2D eigenvalue weighted by molar-refractivity contribution is -0.139. The standard InChI is InChI=1S/C19H22N2O5S/c1-13(2)12-17(19(23)24)20-18(22)14-8-10-16(11-9-14)27(25,26)21-15-6-4-3-5-7-15/h3-11,13,17,21H,12H2,1-2H3,(H,20,22)(H,23,24)/t17-/m0/s1. The van der Waals surface area contributed by atoms with Gasteiger partial charge >= 0.3 is 5.97 Å². The van der Waals surface area contributed by atoms with Crippen molar-refractivity contribution < 1.29 is 23.1 Å². The number of rotatable bonds is 8. The van der Waals surface area contributed by atoms with Crippen molar-refractivity contribution in [3.8, 4) is 0 Å². The van der Waals surface area contributed by atoms with Gasteiger partial charge in [0.05, 0.1) is 4.90 Å². The van der Waals surface area contributed by atoms with Crippen LogP contribution in [0.15, 0.2) is 59.5 Å². The molecule has 0 bridgehead atoms. The van der Waals surface area contributed by atoms with Gasteiger partial charge in [-0.15, -0.1) is 0 Å². The molecule has 0 spiro atoms. The average Bonchev–Trinajstić information content (AvgIpc) is 2.61. The van der Waals surface area contributed by atoms with Crippen LogP contribution in [0.4, 0.5) is 5.69 Å². The Kier molecular flexibility index (Phi) is 6.57. The molecule has 144 valence electrons. The number of carbonyl (C=O) groups is 2. The Labute approximate surface area is 158 Å². The topological polar surface area (TPSA) is 113 Å². The van der Waals surface area contributed by atoms with E-state index in [2.05, 4.69) is 10.0 Å². The second-order valence-electron chi connectivity index (χ2n) is 6.49. The van der Waals surface area contributed by atoms with E-state index < -0.39 is 27.9 Å². The second-order valence-corrected chi connectivity index (χ2v) is 8.17. The van der Waals surface area contributed by atoms with Gasteiger partial charge in [-0.3, -0.25) is 9.52 Å². The molecular formula is C19H22N2O5S. The Morgan fingerprint density at radius 1 is 1.00 bits per heavy atom. The van der Waals surface area contributed by atoms with Crippen molar-refractivity contribution in [2.24, 2.45) is 5.92 Å². The third-order valence-corrected chi connectivity index (χ3v) is 5.16. The SMILES string of the molecule is CC(C)C[C@H](NC(=O)c1ccc(S(=O)(=O)Nc2ccccc2)cc1)C(=O)O. The van der Waals surface area contributed by atoms with Crippen LogP contribution in [0.1, 0.15) is 30.6 Å². The monoisotopic (exact) mass is 390 g/mol. The molecule has 0 saturated carbocycles. The first-order valence-electron chi connectivity index (χ1n) is 8.40. The van der Waals surface area contributed by atoms with E-state index >= 15 is 0 Å². The number of carboxylic acids is 1. The number of aliphatic carboxylic acids is 1. The van der Waals surface area contributed by atoms with Gasteiger partial charge in [-0.2, -0.15) is 0 Å². The Bertz CT molecular complexity index is 893. The Morgan fingerprint density at radius 2 is 1.59 bits per heavy atom. The molecule has 27 heavy (non-hydrogen) atoms. The largest absolute Gasteiger partial charge is 0.480 e. The molecule has 2 aromatic carbocycles. The highest BCUT2D eigenvalue weighted by molar-refractivity contribution is 7.92. The third kappa shape index (κ3) is 5.82. The lowest BCUT2D eigenvalue weighted by Gasteiger charge is -2.16. The maximum Gasteiger partial charge on any atom is 0.326 e. The molecule has 0 heterocycles. The summed E-state index contributed by atoms with van der Waals surface area (Å²) in [5.41, 5.74) is 0.612. The summed E-state index contributed by atoms with van der Waals surface area (Å²) < 4.78 is 27.2. The fourth-order valence-corrected chi connectivity index (χ4v) is 3.50. The predicted octanol–water partition coefficient (Wildman–Crippen LogP) is 2.72. The normalized spacial score (nSPS) is 12.4. The van der Waals surface area contributed by atoms with Crippen molar-refractivity contribution in [2.75, 3.05) is 4.72 Å². The molecule has 3 N–H and O–H groups in total. The number of amides is 1. The van der Waals surface area contributed by atoms with E-state index in [-0.39, 0.29) is 16.4 Å². The van der Waals surface area contributed by atoms with Gasteiger partial charge in [0, 0.05) is 11.3 Å². The zero-order valence-electron chi connectivity index (χ0n) is 15.0. The quantitative estimate of drug-likeness (QED) is 0.641. The van der Waals surface area contributed by atoms with Gasteiger partial charge < -0.3 is 10.4 Å². The van der Waals surface area contributed by atoms with Gasteiger partial charge in [0.15, 0.2) is 0 Å². The van der Waals surface area contributed by atoms with Crippen LogP contribution in [0.5, 0.6) is 0 Å². The third-order valence-electron chi connectivity index (χ3n) is 3.76. The fourth-order valence-electron chi connectivity index (χ4n) is 2.44. The Morgan fingerprint density at radius 3 is 2.11 bits per heavy atom. The number of carboxylic acid groups (broad SMARTS) is 1. The molecule has 0 aliphatic rings. The number of carbonyl (C=O) groups excluding carboxylic acids is 1. The first-order valence-corrected chi connectivity index (χ1v) is 9.89. The lowest BCUT2D eigenvalue weighted by atomic mass is 10.0. The van der Waals surface area contributed by atoms with E-state index in [1.807, 2.05) is 13.8 Å². The first-order chi connectivity index (χ1) is 12.7. The number of benzene rings is 2. The van der Waals surface area contributed by atoms with Crippen LogP contribution in [0.2, 0.25) is 0 Å². The molecule has 0 fully saturated rings. The van der Waals surface area contributed by atoms with Gasteiger partial charge in [-0.1, -0.05) is 32.0 Å². The van der Waals surface area contributed by atoms with Crippen LogP contribution < -0.4 is 10.0 Å². The minimum Gasteiger partial charge on any atom is -0.480 e. The smallest absolute Gasteiger partial charge is 0.326 e. The number of sulfonamides is 1. The molecule has 0 saturated heterocycles. The van der Waals surface area contributed by atoms with Crippen molar-refractivity contribution >= 4 is 27.6 Å². The average molecular weight is 390 g/mol. The van der Waals surface area contributed by atoms with Crippen LogP contribution in [0.3, 0.4) is 0 Å². The van der Waals surface area contributed by atoms with Crippen molar-refractivity contribution in [2.45, 2.75) is 31.2 Å². The fraction of sp³-hybridized carbons (Fsp3) is 0.263. The molecule has 1 amide bonds. The van der Waals surface area contributed by atoms with E-state index in [0.29, 0.717) is 12.1 Å². The van der Waals surface area contributed by atoms with Gasteiger partial charge in [0.2, 0.25) is 0 Å². The maximum atomic E-state index is 12.4. The number of hydrogen-bond acceptors (Lipinski definition) is 4. The molecule has 0 unspecified atom stereocenters. The van der Waals surface area contributed by atoms with E-state index in [1.54, 1.807) is 30.3 Å². The van der Waals surface area contributed by atoms with Crippen LogP contribution in [-0.2, 0) is 14.8 Å². The van der Waals surface area contributed by atoms with Crippen LogP contribution in [-0.4, -0.2) is 31.4 Å². The Hall–Kier alpha value is -2.87. The molecule has 2 rings (SSSR count). The molecule has 0 aliphatic heterocycles. The molecule has 8 heteroatoms. The van der Waals surface area contributed by atoms with E-state index in [0.717, 1.165) is 0 Å². The van der Waals surface area contributed by atoms with Gasteiger partial charge in [-0.25, -0.2) is 13.2 Å². The number of anilines is 1. The van der Waals surface area contributed by atoms with Crippen LogP contribution in [0.25, 0.3) is 0 Å². The highest BCUT2D eigenvalue weighted by Gasteiger charge is 2.22. The highest BCUT2D eigenvalue weighted by atomic mass is 32.2. The maximum absolute atomic E-state index is 12.4. The summed E-state index contributed by atoms with van der Waals surface area (Å²) in [6.07, 6.45) is 0.300. The van der Waals surface area contributed by atoms with E-state index in [9.17, 15) is 23.1 Å². The molecule has 2 aromatic rings. The molecular weight excluding hydrogens is 368 g/mol. The summed E-state index contributed by atoms with van der Waals surface area (Å²) in [5, 5.41) is 11.7. The van der Waals surface area contributed by atoms with Crippen molar-refractivity contribution in [1.29, 1.82) is 0 Å². The molecule has 7 nitrogen and oxygen atoms in total. The molecule has 1 atom stereocenters. The van der Waals surface area contributed by atoms with Gasteiger partial charge in [0.25, 0.3) is 15.9 Å². The van der Waals surface area contributed by atoms with Crippen LogP contribution in [0, 0.1) is 5.92 Å². The lowest BCUT2D eigenvalue weighted by Crippen LogP contribution is -2.41. The first kappa shape index (κ1) is 20.4. The zero-order chi connectivity index (χ0) is 20.0. The van der Waals surface area contributed by atoms with Crippen molar-refractivity contribution in [3.05, 3.63) is 60.2 Å². The van der Waals surface area contributed by atoms with Crippen molar-refractivity contribution in [3.63, 3.8) is 0 Å². The predicted molar refractivity (Wildman–Crippen MR) is 102 cm³/mol. The summed E-state index contributed by atoms with van der Waals surface area (Å²) in [4.78, 5) is 23.5. The summed E-state index contributed by atoms with van der Waals surface area (Å²) in [7, 11) is -3.78. The number of para-hydroxylation sites is 1. The summed E-state index contributed by atoms with van der Waals surface area (Å²) in [6, 6.07) is 12.8. The Balaban J connectivity index is 2.11. The minimum atomic E-state index is -3.78. The molecule has 0 radical (unpaired) electrons. The molecule has 0 aromatic heterocycles. The minimum absolute atomic E-state index is 0.000122.